The number of amides is 1. The molecule has 2 aromatic heterocycles. The van der Waals surface area contributed by atoms with E-state index in [9.17, 15) is 4.79 Å². The Hall–Kier alpha value is -1.92. The van der Waals surface area contributed by atoms with Crippen molar-refractivity contribution in [2.75, 3.05) is 11.1 Å². The number of para-hydroxylation sites is 1. The molecule has 128 valence electrons. The fourth-order valence-electron chi connectivity index (χ4n) is 2.71. The Kier molecular flexibility index (Phi) is 4.48. The van der Waals surface area contributed by atoms with Crippen LogP contribution < -0.4 is 5.32 Å². The van der Waals surface area contributed by atoms with Crippen LogP contribution in [0.4, 0.5) is 5.69 Å². The highest BCUT2D eigenvalue weighted by atomic mass is 32.2. The molecule has 0 aliphatic heterocycles. The van der Waals surface area contributed by atoms with Crippen molar-refractivity contribution in [2.45, 2.75) is 37.6 Å². The maximum absolute atomic E-state index is 12.3. The van der Waals surface area contributed by atoms with Gasteiger partial charge >= 0.3 is 0 Å². The van der Waals surface area contributed by atoms with Crippen molar-refractivity contribution in [3.63, 3.8) is 0 Å². The summed E-state index contributed by atoms with van der Waals surface area (Å²) in [5.74, 6) is 1.78. The van der Waals surface area contributed by atoms with Crippen LogP contribution in [0.2, 0.25) is 0 Å². The third-order valence-corrected chi connectivity index (χ3v) is 6.43. The average molecular weight is 370 g/mol. The van der Waals surface area contributed by atoms with Crippen LogP contribution in [0.3, 0.4) is 0 Å². The molecule has 2 heterocycles. The van der Waals surface area contributed by atoms with Crippen LogP contribution >= 0.6 is 23.1 Å². The van der Waals surface area contributed by atoms with E-state index in [4.69, 9.17) is 9.97 Å². The highest BCUT2D eigenvalue weighted by Crippen LogP contribution is 2.42. The zero-order valence-electron chi connectivity index (χ0n) is 14.2. The monoisotopic (exact) mass is 369 g/mol. The van der Waals surface area contributed by atoms with Crippen LogP contribution in [0.15, 0.2) is 35.4 Å². The standard InChI is InChI=1S/C19H19N3OS2/c1-11-12(2)25-19-16(11)18(21-17(22-19)13-8-9-13)24-10-15(23)20-14-6-4-3-5-7-14/h3-7,13H,8-10H2,1-2H3,(H,20,23). The molecule has 0 saturated heterocycles. The minimum absolute atomic E-state index is 0.0134. The molecule has 3 aromatic rings. The predicted octanol–water partition coefficient (Wildman–Crippen LogP) is 4.92. The van der Waals surface area contributed by atoms with Gasteiger partial charge in [0.2, 0.25) is 5.91 Å². The SMILES string of the molecule is Cc1sc2nc(C3CC3)nc(SCC(=O)Nc3ccccc3)c2c1C. The fourth-order valence-corrected chi connectivity index (χ4v) is 4.70. The van der Waals surface area contributed by atoms with Gasteiger partial charge in [-0.1, -0.05) is 30.0 Å². The number of nitrogens with zero attached hydrogens (tertiary/aromatic N) is 2. The first kappa shape index (κ1) is 16.5. The van der Waals surface area contributed by atoms with Crippen molar-refractivity contribution in [3.8, 4) is 0 Å². The molecule has 0 spiro atoms. The topological polar surface area (TPSA) is 54.9 Å². The van der Waals surface area contributed by atoms with E-state index in [2.05, 4.69) is 19.2 Å². The van der Waals surface area contributed by atoms with E-state index in [1.165, 1.54) is 35.0 Å². The Balaban J connectivity index is 1.56. The summed E-state index contributed by atoms with van der Waals surface area (Å²) in [5, 5.41) is 4.99. The summed E-state index contributed by atoms with van der Waals surface area (Å²) in [6.45, 7) is 4.23. The van der Waals surface area contributed by atoms with Gasteiger partial charge < -0.3 is 5.32 Å². The van der Waals surface area contributed by atoms with E-state index in [0.717, 1.165) is 26.8 Å². The number of aryl methyl sites for hydroxylation is 2. The second-order valence-electron chi connectivity index (χ2n) is 6.33. The van der Waals surface area contributed by atoms with Crippen molar-refractivity contribution in [2.24, 2.45) is 0 Å². The lowest BCUT2D eigenvalue weighted by Gasteiger charge is -2.07. The number of hydrogen-bond acceptors (Lipinski definition) is 5. The summed E-state index contributed by atoms with van der Waals surface area (Å²) in [6, 6.07) is 9.54. The quantitative estimate of drug-likeness (QED) is 0.512. The van der Waals surface area contributed by atoms with Crippen molar-refractivity contribution in [3.05, 3.63) is 46.6 Å². The van der Waals surface area contributed by atoms with Crippen molar-refractivity contribution < 1.29 is 4.79 Å². The third kappa shape index (κ3) is 3.55. The molecule has 0 bridgehead atoms. The van der Waals surface area contributed by atoms with E-state index in [1.54, 1.807) is 11.3 Å². The minimum Gasteiger partial charge on any atom is -0.325 e. The molecular formula is C19H19N3OS2. The summed E-state index contributed by atoms with van der Waals surface area (Å²) in [4.78, 5) is 24.2. The molecule has 4 nitrogen and oxygen atoms in total. The van der Waals surface area contributed by atoms with Crippen molar-refractivity contribution in [1.29, 1.82) is 0 Å². The Morgan fingerprint density at radius 3 is 2.72 bits per heavy atom. The normalized spacial score (nSPS) is 14.0. The highest BCUT2D eigenvalue weighted by Gasteiger charge is 2.28. The van der Waals surface area contributed by atoms with Crippen LogP contribution in [0.5, 0.6) is 0 Å². The van der Waals surface area contributed by atoms with E-state index < -0.39 is 0 Å². The first-order chi connectivity index (χ1) is 12.1. The molecule has 1 fully saturated rings. The molecular weight excluding hydrogens is 350 g/mol. The molecule has 25 heavy (non-hydrogen) atoms. The Morgan fingerprint density at radius 1 is 1.24 bits per heavy atom. The van der Waals surface area contributed by atoms with Crippen LogP contribution in [-0.2, 0) is 4.79 Å². The summed E-state index contributed by atoms with van der Waals surface area (Å²) >= 11 is 3.23. The van der Waals surface area contributed by atoms with Crippen LogP contribution in [0.25, 0.3) is 10.2 Å². The Labute approximate surface area is 155 Å². The molecule has 1 aromatic carbocycles. The number of anilines is 1. The van der Waals surface area contributed by atoms with E-state index in [1.807, 2.05) is 30.3 Å². The number of hydrogen-bond donors (Lipinski definition) is 1. The van der Waals surface area contributed by atoms with Gasteiger partial charge in [-0.15, -0.1) is 11.3 Å². The zero-order chi connectivity index (χ0) is 17.4. The first-order valence-electron chi connectivity index (χ1n) is 8.37. The second-order valence-corrected chi connectivity index (χ2v) is 8.49. The number of fused-ring (bicyclic) bond motifs is 1. The average Bonchev–Trinajstić information content (AvgIpc) is 3.41. The van der Waals surface area contributed by atoms with E-state index >= 15 is 0 Å². The fraction of sp³-hybridized carbons (Fsp3) is 0.316. The molecule has 0 atom stereocenters. The molecule has 1 aliphatic carbocycles. The van der Waals surface area contributed by atoms with Gasteiger partial charge in [-0.3, -0.25) is 4.79 Å². The van der Waals surface area contributed by atoms with Crippen LogP contribution in [0.1, 0.15) is 35.0 Å². The Morgan fingerprint density at radius 2 is 2.00 bits per heavy atom. The van der Waals surface area contributed by atoms with Gasteiger partial charge in [0.15, 0.2) is 0 Å². The lowest BCUT2D eigenvalue weighted by molar-refractivity contribution is -0.113. The summed E-state index contributed by atoms with van der Waals surface area (Å²) in [7, 11) is 0. The Bertz CT molecular complexity index is 933. The van der Waals surface area contributed by atoms with Gasteiger partial charge in [0, 0.05) is 21.9 Å². The maximum Gasteiger partial charge on any atom is 0.234 e. The molecule has 1 saturated carbocycles. The van der Waals surface area contributed by atoms with Gasteiger partial charge in [0.25, 0.3) is 0 Å². The molecule has 1 aliphatic rings. The predicted molar refractivity (Wildman–Crippen MR) is 105 cm³/mol. The lowest BCUT2D eigenvalue weighted by Crippen LogP contribution is -2.14. The zero-order valence-corrected chi connectivity index (χ0v) is 15.8. The number of carbonyl (C=O) groups is 1. The number of rotatable bonds is 5. The number of thiophene rings is 1. The van der Waals surface area contributed by atoms with Crippen LogP contribution in [-0.4, -0.2) is 21.6 Å². The van der Waals surface area contributed by atoms with Gasteiger partial charge in [-0.05, 0) is 44.4 Å². The molecule has 1 N–H and O–H groups in total. The van der Waals surface area contributed by atoms with Gasteiger partial charge in [0.1, 0.15) is 15.7 Å². The third-order valence-electron chi connectivity index (χ3n) is 4.35. The van der Waals surface area contributed by atoms with Crippen molar-refractivity contribution >= 4 is 44.9 Å². The first-order valence-corrected chi connectivity index (χ1v) is 10.2. The molecule has 1 amide bonds. The smallest absolute Gasteiger partial charge is 0.234 e. The van der Waals surface area contributed by atoms with Gasteiger partial charge in [-0.25, -0.2) is 9.97 Å². The maximum atomic E-state index is 12.3. The van der Waals surface area contributed by atoms with E-state index in [0.29, 0.717) is 11.7 Å². The molecule has 0 unspecified atom stereocenters. The largest absolute Gasteiger partial charge is 0.325 e. The second kappa shape index (κ2) is 6.77. The van der Waals surface area contributed by atoms with Gasteiger partial charge in [0.05, 0.1) is 5.75 Å². The summed E-state index contributed by atoms with van der Waals surface area (Å²) in [5.41, 5.74) is 2.05. The molecule has 4 rings (SSSR count). The number of nitrogens with one attached hydrogen (secondary N) is 1. The van der Waals surface area contributed by atoms with Gasteiger partial charge in [-0.2, -0.15) is 0 Å². The lowest BCUT2D eigenvalue weighted by atomic mass is 10.2. The number of benzene rings is 1. The molecule has 6 heteroatoms. The van der Waals surface area contributed by atoms with E-state index in [-0.39, 0.29) is 5.91 Å². The summed E-state index contributed by atoms with van der Waals surface area (Å²) in [6.07, 6.45) is 2.35. The van der Waals surface area contributed by atoms with Crippen LogP contribution in [0, 0.1) is 13.8 Å². The number of carbonyl (C=O) groups excluding carboxylic acids is 1. The number of thioether (sulfide) groups is 1. The minimum atomic E-state index is -0.0134. The number of aromatic nitrogens is 2. The highest BCUT2D eigenvalue weighted by molar-refractivity contribution is 8.00. The molecule has 0 radical (unpaired) electrons. The summed E-state index contributed by atoms with van der Waals surface area (Å²) < 4.78 is 0. The van der Waals surface area contributed by atoms with Crippen molar-refractivity contribution in [1.82, 2.24) is 9.97 Å².